The molecular formula is C18H24BrClN4O. The monoisotopic (exact) mass is 426 g/mol. The van der Waals surface area contributed by atoms with Gasteiger partial charge in [0.2, 0.25) is 0 Å². The second kappa shape index (κ2) is 7.48. The van der Waals surface area contributed by atoms with Gasteiger partial charge in [-0.05, 0) is 49.1 Å². The summed E-state index contributed by atoms with van der Waals surface area (Å²) in [4.78, 5) is 14.7. The predicted octanol–water partition coefficient (Wildman–Crippen LogP) is 3.56. The Morgan fingerprint density at radius 1 is 1.32 bits per heavy atom. The number of aryl methyl sites for hydroxylation is 1. The number of benzene rings is 1. The number of carbonyl (C=O) groups is 1. The van der Waals surface area contributed by atoms with Crippen LogP contribution in [0.2, 0.25) is 0 Å². The van der Waals surface area contributed by atoms with Crippen LogP contribution in [-0.2, 0) is 0 Å². The number of hydrogen-bond acceptors (Lipinski definition) is 3. The SMILES string of the molecule is Cc1cc(C(=O)N2CCC(N)C(C)(C)C2)nn1-c1ccc(Br)cc1.Cl. The largest absolute Gasteiger partial charge is 0.337 e. The van der Waals surface area contributed by atoms with Gasteiger partial charge in [0, 0.05) is 29.3 Å². The van der Waals surface area contributed by atoms with Gasteiger partial charge in [-0.1, -0.05) is 29.8 Å². The summed E-state index contributed by atoms with van der Waals surface area (Å²) in [6, 6.07) is 9.86. The van der Waals surface area contributed by atoms with Crippen molar-refractivity contribution in [2.45, 2.75) is 33.2 Å². The molecule has 5 nitrogen and oxygen atoms in total. The summed E-state index contributed by atoms with van der Waals surface area (Å²) >= 11 is 3.43. The number of halogens is 2. The van der Waals surface area contributed by atoms with Crippen molar-refractivity contribution in [2.75, 3.05) is 13.1 Å². The van der Waals surface area contributed by atoms with Crippen molar-refractivity contribution >= 4 is 34.2 Å². The molecule has 1 unspecified atom stereocenters. The number of rotatable bonds is 2. The molecule has 2 aromatic rings. The molecule has 0 radical (unpaired) electrons. The van der Waals surface area contributed by atoms with Gasteiger partial charge in [0.25, 0.3) is 5.91 Å². The van der Waals surface area contributed by atoms with Crippen LogP contribution in [0.1, 0.15) is 36.5 Å². The Labute approximate surface area is 163 Å². The summed E-state index contributed by atoms with van der Waals surface area (Å²) in [5.41, 5.74) is 8.46. The smallest absolute Gasteiger partial charge is 0.274 e. The Morgan fingerprint density at radius 2 is 1.96 bits per heavy atom. The maximum atomic E-state index is 12.8. The van der Waals surface area contributed by atoms with E-state index in [0.29, 0.717) is 18.8 Å². The average Bonchev–Trinajstić information content (AvgIpc) is 2.92. The number of nitrogens with two attached hydrogens (primary N) is 1. The van der Waals surface area contributed by atoms with E-state index in [2.05, 4.69) is 34.9 Å². The number of likely N-dealkylation sites (tertiary alicyclic amines) is 1. The van der Waals surface area contributed by atoms with Gasteiger partial charge in [0.15, 0.2) is 5.69 Å². The van der Waals surface area contributed by atoms with Crippen LogP contribution in [0.4, 0.5) is 0 Å². The van der Waals surface area contributed by atoms with Crippen molar-refractivity contribution in [1.82, 2.24) is 14.7 Å². The number of hydrogen-bond donors (Lipinski definition) is 1. The maximum absolute atomic E-state index is 12.8. The standard InChI is InChI=1S/C18H23BrN4O.ClH/c1-12-10-15(21-23(12)14-6-4-13(19)5-7-14)17(24)22-9-8-16(20)18(2,3)11-22;/h4-7,10,16H,8-9,11,20H2,1-3H3;1H. The Hall–Kier alpha value is -1.37. The van der Waals surface area contributed by atoms with E-state index in [0.717, 1.165) is 22.3 Å². The lowest BCUT2D eigenvalue weighted by Gasteiger charge is -2.42. The third-order valence-electron chi connectivity index (χ3n) is 4.78. The first-order valence-corrected chi connectivity index (χ1v) is 8.95. The molecule has 136 valence electrons. The van der Waals surface area contributed by atoms with Crippen LogP contribution in [0.15, 0.2) is 34.8 Å². The topological polar surface area (TPSA) is 64.2 Å². The molecule has 1 amide bonds. The highest BCUT2D eigenvalue weighted by Gasteiger charge is 2.36. The molecule has 1 aliphatic heterocycles. The fraction of sp³-hybridized carbons (Fsp3) is 0.444. The number of piperidine rings is 1. The highest BCUT2D eigenvalue weighted by Crippen LogP contribution is 2.28. The van der Waals surface area contributed by atoms with E-state index in [1.165, 1.54) is 0 Å². The zero-order valence-electron chi connectivity index (χ0n) is 14.7. The number of aromatic nitrogens is 2. The van der Waals surface area contributed by atoms with Crippen LogP contribution in [0.25, 0.3) is 5.69 Å². The van der Waals surface area contributed by atoms with Crippen LogP contribution in [0.5, 0.6) is 0 Å². The lowest BCUT2D eigenvalue weighted by molar-refractivity contribution is 0.0527. The van der Waals surface area contributed by atoms with E-state index >= 15 is 0 Å². The molecule has 3 rings (SSSR count). The molecule has 7 heteroatoms. The molecule has 0 aliphatic carbocycles. The second-order valence-corrected chi connectivity index (χ2v) is 8.09. The zero-order valence-corrected chi connectivity index (χ0v) is 17.1. The van der Waals surface area contributed by atoms with Gasteiger partial charge in [-0.25, -0.2) is 4.68 Å². The van der Waals surface area contributed by atoms with Gasteiger partial charge in [0.05, 0.1) is 5.69 Å². The van der Waals surface area contributed by atoms with E-state index in [1.54, 1.807) is 4.68 Å². The summed E-state index contributed by atoms with van der Waals surface area (Å²) < 4.78 is 2.82. The van der Waals surface area contributed by atoms with E-state index in [4.69, 9.17) is 5.73 Å². The Kier molecular flexibility index (Phi) is 5.97. The van der Waals surface area contributed by atoms with Gasteiger partial charge in [-0.2, -0.15) is 5.10 Å². The maximum Gasteiger partial charge on any atom is 0.274 e. The lowest BCUT2D eigenvalue weighted by atomic mass is 9.79. The van der Waals surface area contributed by atoms with Crippen molar-refractivity contribution in [3.05, 3.63) is 46.2 Å². The van der Waals surface area contributed by atoms with Crippen molar-refractivity contribution in [1.29, 1.82) is 0 Å². The highest BCUT2D eigenvalue weighted by atomic mass is 79.9. The molecule has 1 aliphatic rings. The second-order valence-electron chi connectivity index (χ2n) is 7.17. The first kappa shape index (κ1) is 19.9. The fourth-order valence-corrected chi connectivity index (χ4v) is 3.40. The van der Waals surface area contributed by atoms with Crippen LogP contribution < -0.4 is 5.73 Å². The van der Waals surface area contributed by atoms with E-state index < -0.39 is 0 Å². The first-order chi connectivity index (χ1) is 11.3. The minimum atomic E-state index is -0.0722. The molecule has 0 spiro atoms. The molecule has 2 N–H and O–H groups in total. The number of nitrogens with zero attached hydrogens (tertiary/aromatic N) is 3. The zero-order chi connectivity index (χ0) is 17.5. The molecule has 0 bridgehead atoms. The number of carbonyl (C=O) groups excluding carboxylic acids is 1. The Morgan fingerprint density at radius 3 is 2.56 bits per heavy atom. The summed E-state index contributed by atoms with van der Waals surface area (Å²) in [7, 11) is 0. The predicted molar refractivity (Wildman–Crippen MR) is 106 cm³/mol. The average molecular weight is 428 g/mol. The summed E-state index contributed by atoms with van der Waals surface area (Å²) in [6.45, 7) is 7.54. The molecule has 1 aromatic heterocycles. The van der Waals surface area contributed by atoms with Gasteiger partial charge in [0.1, 0.15) is 0 Å². The lowest BCUT2D eigenvalue weighted by Crippen LogP contribution is -2.54. The van der Waals surface area contributed by atoms with Crippen LogP contribution in [-0.4, -0.2) is 39.7 Å². The Balaban J connectivity index is 0.00000225. The molecule has 2 heterocycles. The van der Waals surface area contributed by atoms with E-state index in [-0.39, 0.29) is 29.8 Å². The molecule has 1 saturated heterocycles. The van der Waals surface area contributed by atoms with Crippen molar-refractivity contribution in [3.63, 3.8) is 0 Å². The fourth-order valence-electron chi connectivity index (χ4n) is 3.13. The van der Waals surface area contributed by atoms with Crippen LogP contribution in [0, 0.1) is 12.3 Å². The Bertz CT molecular complexity index is 757. The third kappa shape index (κ3) is 4.07. The number of amides is 1. The highest BCUT2D eigenvalue weighted by molar-refractivity contribution is 9.10. The van der Waals surface area contributed by atoms with Gasteiger partial charge >= 0.3 is 0 Å². The van der Waals surface area contributed by atoms with Gasteiger partial charge in [-0.3, -0.25) is 4.79 Å². The van der Waals surface area contributed by atoms with E-state index in [9.17, 15) is 4.79 Å². The quantitative estimate of drug-likeness (QED) is 0.797. The first-order valence-electron chi connectivity index (χ1n) is 8.15. The molecule has 1 atom stereocenters. The molecule has 1 aromatic carbocycles. The molecule has 1 fully saturated rings. The summed E-state index contributed by atoms with van der Waals surface area (Å²) in [5, 5.41) is 4.53. The minimum Gasteiger partial charge on any atom is -0.337 e. The molecular weight excluding hydrogens is 404 g/mol. The van der Waals surface area contributed by atoms with Crippen molar-refractivity contribution < 1.29 is 4.79 Å². The van der Waals surface area contributed by atoms with Crippen molar-refractivity contribution in [2.24, 2.45) is 11.1 Å². The van der Waals surface area contributed by atoms with Crippen LogP contribution >= 0.6 is 28.3 Å². The summed E-state index contributed by atoms with van der Waals surface area (Å²) in [5.74, 6) is -0.0195. The van der Waals surface area contributed by atoms with Gasteiger partial charge < -0.3 is 10.6 Å². The van der Waals surface area contributed by atoms with E-state index in [1.807, 2.05) is 42.2 Å². The normalized spacial score (nSPS) is 19.4. The van der Waals surface area contributed by atoms with Gasteiger partial charge in [-0.15, -0.1) is 12.4 Å². The molecule has 0 saturated carbocycles. The van der Waals surface area contributed by atoms with Crippen molar-refractivity contribution in [3.8, 4) is 5.69 Å². The minimum absolute atomic E-state index is 0. The third-order valence-corrected chi connectivity index (χ3v) is 5.31. The summed E-state index contributed by atoms with van der Waals surface area (Å²) in [6.07, 6.45) is 0.825. The molecule has 25 heavy (non-hydrogen) atoms. The van der Waals surface area contributed by atoms with Crippen LogP contribution in [0.3, 0.4) is 0 Å².